The Labute approximate surface area is 245 Å². The van der Waals surface area contributed by atoms with Crippen LogP contribution in [0, 0.1) is 29.1 Å². The van der Waals surface area contributed by atoms with Crippen LogP contribution in [0.15, 0.2) is 48.5 Å². The lowest BCUT2D eigenvalue weighted by atomic mass is 9.87. The fraction of sp³-hybridized carbons (Fsp3) is 0.371. The van der Waals surface area contributed by atoms with E-state index in [9.17, 15) is 14.4 Å². The molecule has 2 aromatic rings. The van der Waals surface area contributed by atoms with Crippen LogP contribution in [0.5, 0.6) is 0 Å². The highest BCUT2D eigenvalue weighted by Crippen LogP contribution is 2.53. The molecule has 6 rings (SSSR count). The Morgan fingerprint density at radius 3 is 2.43 bits per heavy atom. The zero-order valence-corrected chi connectivity index (χ0v) is 23.5. The van der Waals surface area contributed by atoms with Gasteiger partial charge >= 0.3 is 11.8 Å². The van der Waals surface area contributed by atoms with Crippen molar-refractivity contribution in [1.29, 1.82) is 5.26 Å². The molecule has 1 heterocycles. The van der Waals surface area contributed by atoms with Crippen molar-refractivity contribution < 1.29 is 14.4 Å². The minimum Gasteiger partial charge on any atom is -0.344 e. The molecule has 1 aliphatic heterocycles. The first-order chi connectivity index (χ1) is 20.5. The molecular weight excluding hydrogens is 524 g/mol. The third-order valence-electron chi connectivity index (χ3n) is 8.62. The molecule has 7 heteroatoms. The first kappa shape index (κ1) is 27.5. The predicted molar refractivity (Wildman–Crippen MR) is 161 cm³/mol. The van der Waals surface area contributed by atoms with Crippen LogP contribution in [0.2, 0.25) is 0 Å². The summed E-state index contributed by atoms with van der Waals surface area (Å²) < 4.78 is 4.80. The minimum atomic E-state index is -0.891. The van der Waals surface area contributed by atoms with Gasteiger partial charge < -0.3 is 10.6 Å². The average Bonchev–Trinajstić information content (AvgIpc) is 3.88. The highest BCUT2D eigenvalue weighted by Gasteiger charge is 2.44. The number of rotatable bonds is 9. The van der Waals surface area contributed by atoms with Crippen LogP contribution < -0.4 is 15.3 Å². The summed E-state index contributed by atoms with van der Waals surface area (Å²) in [6, 6.07) is 15.7. The van der Waals surface area contributed by atoms with Gasteiger partial charge in [-0.2, -0.15) is 5.26 Å². The van der Waals surface area contributed by atoms with Crippen LogP contribution in [0.3, 0.4) is 0 Å². The molecular formula is C35H33N4O3+. The second-order valence-electron chi connectivity index (χ2n) is 11.8. The van der Waals surface area contributed by atoms with Crippen molar-refractivity contribution >= 4 is 35.1 Å². The molecule has 0 bridgehead atoms. The van der Waals surface area contributed by atoms with E-state index in [0.29, 0.717) is 29.4 Å². The summed E-state index contributed by atoms with van der Waals surface area (Å²) in [7, 11) is 0. The summed E-state index contributed by atoms with van der Waals surface area (Å²) in [4.78, 5) is 36.8. The van der Waals surface area contributed by atoms with E-state index in [4.69, 9.17) is 9.93 Å². The van der Waals surface area contributed by atoms with Crippen LogP contribution in [-0.4, -0.2) is 36.1 Å². The molecule has 3 aliphatic carbocycles. The van der Waals surface area contributed by atoms with Gasteiger partial charge in [-0.1, -0.05) is 54.5 Å². The van der Waals surface area contributed by atoms with E-state index in [1.165, 1.54) is 53.7 Å². The first-order valence-corrected chi connectivity index (χ1v) is 14.8. The lowest BCUT2D eigenvalue weighted by Crippen LogP contribution is -2.39. The topological polar surface area (TPSA) is 113 Å². The molecule has 0 unspecified atom stereocenters. The minimum absolute atomic E-state index is 0.00212. The number of benzene rings is 2. The van der Waals surface area contributed by atoms with Gasteiger partial charge in [0.15, 0.2) is 0 Å². The lowest BCUT2D eigenvalue weighted by molar-refractivity contribution is -0.139. The number of ketones is 1. The number of carbonyl (C=O) groups is 3. The molecule has 3 saturated carbocycles. The Hall–Kier alpha value is -4.71. The van der Waals surface area contributed by atoms with Crippen molar-refractivity contribution in [2.75, 3.05) is 6.54 Å². The van der Waals surface area contributed by atoms with E-state index >= 15 is 0 Å². The molecule has 210 valence electrons. The van der Waals surface area contributed by atoms with Crippen molar-refractivity contribution in [3.05, 3.63) is 76.4 Å². The SMILES string of the molecule is N#CCNC(=O)C(=O)NCc1ccccc1C(=O)C#CCC1(c2cc(C3=CCC(C4CC4)=[N+]=C3)cc(C3CC3)c2)CC1. The van der Waals surface area contributed by atoms with E-state index in [2.05, 4.69) is 46.7 Å². The number of nitrogens with one attached hydrogen (secondary N) is 2. The Morgan fingerprint density at radius 1 is 0.976 bits per heavy atom. The fourth-order valence-corrected chi connectivity index (χ4v) is 5.56. The van der Waals surface area contributed by atoms with Crippen molar-refractivity contribution in [2.24, 2.45) is 5.92 Å². The molecule has 7 nitrogen and oxygen atoms in total. The Bertz CT molecular complexity index is 1660. The third kappa shape index (κ3) is 6.28. The molecule has 0 saturated heterocycles. The summed E-state index contributed by atoms with van der Waals surface area (Å²) >= 11 is 0. The highest BCUT2D eigenvalue weighted by molar-refractivity contribution is 6.35. The van der Waals surface area contributed by atoms with Crippen LogP contribution in [0.4, 0.5) is 0 Å². The maximum atomic E-state index is 13.1. The third-order valence-corrected chi connectivity index (χ3v) is 8.62. The predicted octanol–water partition coefficient (Wildman–Crippen LogP) is 3.90. The van der Waals surface area contributed by atoms with Gasteiger partial charge in [0.25, 0.3) is 11.9 Å². The van der Waals surface area contributed by atoms with Crippen molar-refractivity contribution in [1.82, 2.24) is 15.3 Å². The largest absolute Gasteiger partial charge is 0.344 e. The van der Waals surface area contributed by atoms with E-state index in [1.54, 1.807) is 30.3 Å². The van der Waals surface area contributed by atoms with E-state index in [1.807, 2.05) is 6.21 Å². The zero-order chi connectivity index (χ0) is 29.1. The Morgan fingerprint density at radius 2 is 1.74 bits per heavy atom. The number of hydrogen-bond donors (Lipinski definition) is 2. The molecule has 2 amide bonds. The second kappa shape index (κ2) is 11.6. The summed E-state index contributed by atoms with van der Waals surface area (Å²) in [6.45, 7) is -0.251. The molecule has 2 N–H and O–H groups in total. The van der Waals surface area contributed by atoms with Gasteiger partial charge in [0.1, 0.15) is 6.54 Å². The number of nitrogens with zero attached hydrogens (tertiary/aromatic N) is 2. The smallest absolute Gasteiger partial charge is 0.310 e. The van der Waals surface area contributed by atoms with Gasteiger partial charge in [0.2, 0.25) is 5.78 Å². The van der Waals surface area contributed by atoms with Gasteiger partial charge in [-0.05, 0) is 72.6 Å². The highest BCUT2D eigenvalue weighted by atomic mass is 16.2. The maximum absolute atomic E-state index is 13.1. The molecule has 2 aromatic carbocycles. The number of allylic oxidation sites excluding steroid dienone is 2. The first-order valence-electron chi connectivity index (χ1n) is 14.8. The second-order valence-corrected chi connectivity index (χ2v) is 11.8. The van der Waals surface area contributed by atoms with Crippen LogP contribution >= 0.6 is 0 Å². The van der Waals surface area contributed by atoms with Crippen molar-refractivity contribution in [2.45, 2.75) is 69.2 Å². The van der Waals surface area contributed by atoms with Gasteiger partial charge in [-0.3, -0.25) is 14.4 Å². The van der Waals surface area contributed by atoms with E-state index in [0.717, 1.165) is 19.3 Å². The Kier molecular flexibility index (Phi) is 7.62. The number of Topliss-reactive ketones (excluding diaryl/α,β-unsaturated/α-hetero) is 1. The standard InChI is InChI=1S/C35H32N4O3/c36-16-17-37-33(41)34(42)39-22-26-4-1-2-5-30(26)32(40)6-3-13-35(14-15-35)29-19-27(23-7-8-23)18-28(20-29)25-11-12-31(38-21-25)24-9-10-24/h1-2,4-5,11,18-21,23-24H,7-10,12-15,17,22H2,(H-,37,39,41,42)/p+1. The molecule has 0 spiro atoms. The number of carbonyl (C=O) groups excluding carboxylic acids is 3. The Balaban J connectivity index is 1.15. The number of hydrogen-bond acceptors (Lipinski definition) is 4. The van der Waals surface area contributed by atoms with Gasteiger partial charge in [0.05, 0.1) is 24.0 Å². The van der Waals surface area contributed by atoms with Crippen LogP contribution in [0.25, 0.3) is 5.57 Å². The molecule has 0 radical (unpaired) electrons. The summed E-state index contributed by atoms with van der Waals surface area (Å²) in [5.74, 6) is 5.28. The average molecular weight is 558 g/mol. The normalized spacial score (nSPS) is 18.0. The van der Waals surface area contributed by atoms with E-state index < -0.39 is 11.8 Å². The van der Waals surface area contributed by atoms with Crippen LogP contribution in [0.1, 0.15) is 89.9 Å². The lowest BCUT2D eigenvalue weighted by Gasteiger charge is -2.16. The number of amides is 2. The van der Waals surface area contributed by atoms with E-state index in [-0.39, 0.29) is 24.3 Å². The summed E-state index contributed by atoms with van der Waals surface area (Å²) in [5, 5.41) is 13.3. The quantitative estimate of drug-likeness (QED) is 0.122. The molecule has 3 fully saturated rings. The monoisotopic (exact) mass is 557 g/mol. The summed E-state index contributed by atoms with van der Waals surface area (Å²) in [6.07, 6.45) is 13.0. The number of nitriles is 1. The molecule has 42 heavy (non-hydrogen) atoms. The maximum Gasteiger partial charge on any atom is 0.310 e. The van der Waals surface area contributed by atoms with Gasteiger partial charge in [-0.15, -0.1) is 4.67 Å². The van der Waals surface area contributed by atoms with Crippen molar-refractivity contribution in [3.63, 3.8) is 0 Å². The van der Waals surface area contributed by atoms with Gasteiger partial charge in [-0.25, -0.2) is 0 Å². The van der Waals surface area contributed by atoms with Crippen molar-refractivity contribution in [3.8, 4) is 17.9 Å². The summed E-state index contributed by atoms with van der Waals surface area (Å²) in [5.41, 5.74) is 7.42. The fourth-order valence-electron chi connectivity index (χ4n) is 5.56. The zero-order valence-electron chi connectivity index (χ0n) is 23.5. The molecule has 0 atom stereocenters. The van der Waals surface area contributed by atoms with Gasteiger partial charge in [0, 0.05) is 23.9 Å². The molecule has 0 aromatic heterocycles. The molecule has 4 aliphatic rings. The van der Waals surface area contributed by atoms with Crippen LogP contribution in [-0.2, 0) is 21.5 Å².